The highest BCUT2D eigenvalue weighted by Crippen LogP contribution is 2.40. The van der Waals surface area contributed by atoms with Crippen molar-refractivity contribution in [1.82, 2.24) is 0 Å². The Morgan fingerprint density at radius 1 is 1.37 bits per heavy atom. The number of hydrogen-bond acceptors (Lipinski definition) is 3. The van der Waals surface area contributed by atoms with Gasteiger partial charge in [-0.1, -0.05) is 18.0 Å². The first kappa shape index (κ1) is 14.2. The molecule has 0 spiro atoms. The van der Waals surface area contributed by atoms with Crippen LogP contribution < -0.4 is 4.74 Å². The Bertz CT molecular complexity index is 499. The Hall–Kier alpha value is -1.26. The second-order valence-corrected chi connectivity index (χ2v) is 5.15. The van der Waals surface area contributed by atoms with Crippen molar-refractivity contribution in [3.05, 3.63) is 27.8 Å². The number of ether oxygens (including phenoxy) is 1. The second-order valence-electron chi connectivity index (χ2n) is 4.74. The summed E-state index contributed by atoms with van der Waals surface area (Å²) < 4.78 is 5.20. The summed E-state index contributed by atoms with van der Waals surface area (Å²) >= 11 is 6.14. The first-order chi connectivity index (χ1) is 9.06. The summed E-state index contributed by atoms with van der Waals surface area (Å²) in [5.41, 5.74) is 2.23. The highest BCUT2D eigenvalue weighted by atomic mass is 35.5. The van der Waals surface area contributed by atoms with Gasteiger partial charge in [-0.25, -0.2) is 4.79 Å². The summed E-state index contributed by atoms with van der Waals surface area (Å²) in [4.78, 5) is 11.1. The molecule has 5 heteroatoms. The Labute approximate surface area is 117 Å². The molecular weight excluding hydrogens is 268 g/mol. The van der Waals surface area contributed by atoms with Gasteiger partial charge in [-0.2, -0.15) is 0 Å². The number of carboxylic acids is 1. The number of hydrogen-bond donors (Lipinski definition) is 2. The van der Waals surface area contributed by atoms with Gasteiger partial charge in [0.1, 0.15) is 5.75 Å². The lowest BCUT2D eigenvalue weighted by atomic mass is 9.93. The van der Waals surface area contributed by atoms with Gasteiger partial charge >= 0.3 is 5.97 Å². The fraction of sp³-hybridized carbons (Fsp3) is 0.500. The molecule has 0 fully saturated rings. The fourth-order valence-electron chi connectivity index (χ4n) is 2.68. The van der Waals surface area contributed by atoms with Crippen LogP contribution in [0.2, 0.25) is 5.02 Å². The predicted octanol–water partition coefficient (Wildman–Crippen LogP) is 2.74. The number of fused-ring (bicyclic) bond motifs is 1. The van der Waals surface area contributed by atoms with Crippen molar-refractivity contribution in [2.24, 2.45) is 0 Å². The molecule has 0 radical (unpaired) electrons. The van der Waals surface area contributed by atoms with Gasteiger partial charge in [-0.15, -0.1) is 0 Å². The van der Waals surface area contributed by atoms with Crippen LogP contribution in [0.5, 0.6) is 5.75 Å². The van der Waals surface area contributed by atoms with E-state index in [1.54, 1.807) is 0 Å². The van der Waals surface area contributed by atoms with E-state index in [0.717, 1.165) is 43.2 Å². The third-order valence-corrected chi connectivity index (χ3v) is 3.84. The van der Waals surface area contributed by atoms with Crippen molar-refractivity contribution in [3.63, 3.8) is 0 Å². The lowest BCUT2D eigenvalue weighted by Gasteiger charge is -2.20. The van der Waals surface area contributed by atoms with Gasteiger partial charge in [0, 0.05) is 5.56 Å². The third kappa shape index (κ3) is 2.69. The highest BCUT2D eigenvalue weighted by Gasteiger charge is 2.28. The Balaban J connectivity index is 2.65. The molecular formula is C14H17ClO4. The van der Waals surface area contributed by atoms with E-state index in [2.05, 4.69) is 0 Å². The maximum absolute atomic E-state index is 11.1. The first-order valence-corrected chi connectivity index (χ1v) is 6.73. The topological polar surface area (TPSA) is 66.8 Å². The van der Waals surface area contributed by atoms with Crippen LogP contribution in [-0.2, 0) is 17.6 Å². The van der Waals surface area contributed by atoms with Gasteiger partial charge in [-0.3, -0.25) is 0 Å². The van der Waals surface area contributed by atoms with E-state index < -0.39 is 12.1 Å². The molecule has 104 valence electrons. The van der Waals surface area contributed by atoms with E-state index in [-0.39, 0.29) is 5.75 Å². The van der Waals surface area contributed by atoms with Gasteiger partial charge in [0.25, 0.3) is 0 Å². The number of rotatable bonds is 3. The molecule has 2 N–H and O–H groups in total. The summed E-state index contributed by atoms with van der Waals surface area (Å²) in [6.45, 7) is 0. The smallest absolute Gasteiger partial charge is 0.337 e. The van der Waals surface area contributed by atoms with Crippen LogP contribution in [0.1, 0.15) is 42.1 Å². The number of aliphatic carboxylic acids is 1. The van der Waals surface area contributed by atoms with Crippen LogP contribution in [0.25, 0.3) is 0 Å². The predicted molar refractivity (Wildman–Crippen MR) is 71.9 cm³/mol. The van der Waals surface area contributed by atoms with Crippen molar-refractivity contribution in [1.29, 1.82) is 0 Å². The summed E-state index contributed by atoms with van der Waals surface area (Å²) in [5, 5.41) is 19.4. The molecule has 0 aromatic heterocycles. The largest absolute Gasteiger partial charge is 0.495 e. The number of aliphatic hydroxyl groups excluding tert-OH is 1. The minimum Gasteiger partial charge on any atom is -0.495 e. The van der Waals surface area contributed by atoms with Crippen LogP contribution >= 0.6 is 11.6 Å². The summed E-state index contributed by atoms with van der Waals surface area (Å²) in [6.07, 6.45) is 3.15. The van der Waals surface area contributed by atoms with Crippen molar-refractivity contribution in [2.45, 2.75) is 38.2 Å². The maximum Gasteiger partial charge on any atom is 0.337 e. The van der Waals surface area contributed by atoms with E-state index >= 15 is 0 Å². The van der Waals surface area contributed by atoms with Gasteiger partial charge in [0.05, 0.1) is 12.1 Å². The van der Waals surface area contributed by atoms with E-state index in [1.165, 1.54) is 7.11 Å². The SMILES string of the molecule is COc1c(Cl)cc2c(c1C(O)C(=O)O)CCCCC2. The standard InChI is InChI=1S/C14H17ClO4/c1-19-13-10(15)7-8-5-3-2-4-6-9(8)11(13)12(16)14(17)18/h7,12,16H,2-6H2,1H3,(H,17,18). The molecule has 0 aliphatic heterocycles. The van der Waals surface area contributed by atoms with E-state index in [4.69, 9.17) is 21.4 Å². The molecule has 0 heterocycles. The molecule has 1 aliphatic carbocycles. The number of benzene rings is 1. The van der Waals surface area contributed by atoms with Crippen molar-refractivity contribution >= 4 is 17.6 Å². The summed E-state index contributed by atoms with van der Waals surface area (Å²) in [5.74, 6) is -1.01. The first-order valence-electron chi connectivity index (χ1n) is 6.35. The van der Waals surface area contributed by atoms with E-state index in [0.29, 0.717) is 10.6 Å². The Morgan fingerprint density at radius 2 is 2.05 bits per heavy atom. The Morgan fingerprint density at radius 3 is 2.68 bits per heavy atom. The van der Waals surface area contributed by atoms with Crippen LogP contribution in [0.15, 0.2) is 6.07 Å². The molecule has 1 unspecified atom stereocenters. The minimum atomic E-state index is -1.60. The van der Waals surface area contributed by atoms with Crippen LogP contribution in [0, 0.1) is 0 Å². The Kier molecular flexibility index (Phi) is 4.32. The molecule has 0 bridgehead atoms. The average Bonchev–Trinajstić information content (AvgIpc) is 2.61. The second kappa shape index (κ2) is 5.80. The minimum absolute atomic E-state index is 0.275. The molecule has 1 atom stereocenters. The molecule has 1 aromatic carbocycles. The number of aliphatic hydroxyl groups is 1. The van der Waals surface area contributed by atoms with Crippen molar-refractivity contribution < 1.29 is 19.7 Å². The zero-order chi connectivity index (χ0) is 14.0. The zero-order valence-corrected chi connectivity index (χ0v) is 11.5. The number of aryl methyl sites for hydroxylation is 1. The monoisotopic (exact) mass is 284 g/mol. The summed E-state index contributed by atoms with van der Waals surface area (Å²) in [7, 11) is 1.43. The molecule has 19 heavy (non-hydrogen) atoms. The van der Waals surface area contributed by atoms with Crippen molar-refractivity contribution in [2.75, 3.05) is 7.11 Å². The molecule has 0 amide bonds. The normalized spacial score (nSPS) is 16.4. The van der Waals surface area contributed by atoms with Crippen molar-refractivity contribution in [3.8, 4) is 5.75 Å². The third-order valence-electron chi connectivity index (χ3n) is 3.56. The fourth-order valence-corrected chi connectivity index (χ4v) is 2.99. The van der Waals surface area contributed by atoms with Gasteiger partial charge in [0.2, 0.25) is 0 Å². The van der Waals surface area contributed by atoms with Crippen LogP contribution in [0.4, 0.5) is 0 Å². The molecule has 4 nitrogen and oxygen atoms in total. The van der Waals surface area contributed by atoms with Gasteiger partial charge in [0.15, 0.2) is 6.10 Å². The number of carbonyl (C=O) groups is 1. The lowest BCUT2D eigenvalue weighted by molar-refractivity contribution is -0.147. The quantitative estimate of drug-likeness (QED) is 0.838. The summed E-state index contributed by atoms with van der Waals surface area (Å²) in [6, 6.07) is 1.83. The average molecular weight is 285 g/mol. The molecule has 0 saturated carbocycles. The zero-order valence-electron chi connectivity index (χ0n) is 10.8. The van der Waals surface area contributed by atoms with Crippen LogP contribution in [0.3, 0.4) is 0 Å². The van der Waals surface area contributed by atoms with E-state index in [9.17, 15) is 9.90 Å². The molecule has 2 rings (SSSR count). The van der Waals surface area contributed by atoms with Gasteiger partial charge in [-0.05, 0) is 42.9 Å². The maximum atomic E-state index is 11.1. The molecule has 1 aromatic rings. The number of methoxy groups -OCH3 is 1. The number of halogens is 1. The van der Waals surface area contributed by atoms with Crippen LogP contribution in [-0.4, -0.2) is 23.3 Å². The molecule has 1 aliphatic rings. The molecule has 0 saturated heterocycles. The van der Waals surface area contributed by atoms with Gasteiger partial charge < -0.3 is 14.9 Å². The lowest BCUT2D eigenvalue weighted by Crippen LogP contribution is -2.15. The highest BCUT2D eigenvalue weighted by molar-refractivity contribution is 6.32. The number of carboxylic acid groups (broad SMARTS) is 1. The van der Waals surface area contributed by atoms with E-state index in [1.807, 2.05) is 6.07 Å².